The smallest absolute Gasteiger partial charge is 0.342 e. The molecule has 2 saturated heterocycles. The summed E-state index contributed by atoms with van der Waals surface area (Å²) in [5, 5.41) is 0. The van der Waals surface area contributed by atoms with E-state index in [0.29, 0.717) is 18.6 Å². The number of carbonyl (C=O) groups is 2. The molecule has 0 amide bonds. The summed E-state index contributed by atoms with van der Waals surface area (Å²) < 4.78 is 22.3. The quantitative estimate of drug-likeness (QED) is 0.584. The summed E-state index contributed by atoms with van der Waals surface area (Å²) in [7, 11) is 0. The molecule has 6 heteroatoms. The molecule has 3 heterocycles. The first-order chi connectivity index (χ1) is 10.9. The Labute approximate surface area is 133 Å². The number of furan rings is 1. The van der Waals surface area contributed by atoms with Crippen LogP contribution >= 0.6 is 0 Å². The highest BCUT2D eigenvalue weighted by atomic mass is 16.7. The number of esters is 2. The third-order valence-corrected chi connectivity index (χ3v) is 4.88. The topological polar surface area (TPSA) is 78.3 Å². The molecule has 1 aromatic rings. The summed E-state index contributed by atoms with van der Waals surface area (Å²) >= 11 is 0. The number of hydrogen-bond donors (Lipinski definition) is 0. The Bertz CT molecular complexity index is 729. The standard InChI is InChI=1S/C17H18O6/c1-8-6-12-13(9(2)7-20-12)14-15-17(23-15,16(19)22-14)5-4-11(8)21-10(3)18/h6-7,11,14-15H,4-5H2,1-3H3/t11-,14-,15+,17-/m0/s1. The number of hydrogen-bond acceptors (Lipinski definition) is 6. The number of rotatable bonds is 1. The van der Waals surface area contributed by atoms with Crippen LogP contribution in [0.2, 0.25) is 0 Å². The summed E-state index contributed by atoms with van der Waals surface area (Å²) in [6, 6.07) is 0. The molecule has 0 unspecified atom stereocenters. The molecule has 1 aromatic heterocycles. The van der Waals surface area contributed by atoms with Crippen LogP contribution in [-0.2, 0) is 23.8 Å². The first-order valence-electron chi connectivity index (χ1n) is 7.74. The van der Waals surface area contributed by atoms with Crippen LogP contribution in [0, 0.1) is 6.92 Å². The van der Waals surface area contributed by atoms with Gasteiger partial charge in [-0.2, -0.15) is 0 Å². The van der Waals surface area contributed by atoms with Gasteiger partial charge in [0.2, 0.25) is 0 Å². The van der Waals surface area contributed by atoms with Gasteiger partial charge in [0.05, 0.1) is 6.26 Å². The van der Waals surface area contributed by atoms with E-state index in [-0.39, 0.29) is 18.0 Å². The molecule has 2 bridgehead atoms. The van der Waals surface area contributed by atoms with Crippen LogP contribution in [0.1, 0.15) is 49.7 Å². The molecule has 0 aromatic carbocycles. The number of aryl methyl sites for hydroxylation is 1. The maximum Gasteiger partial charge on any atom is 0.342 e. The average molecular weight is 318 g/mol. The second-order valence-electron chi connectivity index (χ2n) is 6.48. The summed E-state index contributed by atoms with van der Waals surface area (Å²) in [5.74, 6) is -0.0587. The molecule has 2 fully saturated rings. The largest absolute Gasteiger partial charge is 0.464 e. The number of carbonyl (C=O) groups excluding carboxylic acids is 2. The van der Waals surface area contributed by atoms with Gasteiger partial charge < -0.3 is 18.6 Å². The van der Waals surface area contributed by atoms with Gasteiger partial charge in [0.1, 0.15) is 18.0 Å². The zero-order valence-electron chi connectivity index (χ0n) is 13.3. The fraction of sp³-hybridized carbons (Fsp3) is 0.529. The van der Waals surface area contributed by atoms with E-state index in [4.69, 9.17) is 18.6 Å². The van der Waals surface area contributed by atoms with Crippen molar-refractivity contribution in [3.8, 4) is 0 Å². The predicted molar refractivity (Wildman–Crippen MR) is 78.3 cm³/mol. The van der Waals surface area contributed by atoms with Crippen molar-refractivity contribution in [3.63, 3.8) is 0 Å². The Morgan fingerprint density at radius 3 is 2.87 bits per heavy atom. The molecule has 0 spiro atoms. The molecule has 3 aliphatic rings. The van der Waals surface area contributed by atoms with Crippen molar-refractivity contribution >= 4 is 18.0 Å². The van der Waals surface area contributed by atoms with E-state index in [0.717, 1.165) is 16.7 Å². The summed E-state index contributed by atoms with van der Waals surface area (Å²) in [6.45, 7) is 5.19. The highest BCUT2D eigenvalue weighted by molar-refractivity contribution is 5.87. The normalized spacial score (nSPS) is 34.8. The van der Waals surface area contributed by atoms with Gasteiger partial charge in [-0.25, -0.2) is 4.79 Å². The highest BCUT2D eigenvalue weighted by Crippen LogP contribution is 2.57. The molecule has 1 aliphatic carbocycles. The zero-order chi connectivity index (χ0) is 16.4. The van der Waals surface area contributed by atoms with Crippen molar-refractivity contribution < 1.29 is 28.2 Å². The lowest BCUT2D eigenvalue weighted by Crippen LogP contribution is -2.26. The van der Waals surface area contributed by atoms with Gasteiger partial charge in [0.15, 0.2) is 11.7 Å². The Balaban J connectivity index is 1.81. The molecule has 2 aliphatic heterocycles. The third kappa shape index (κ3) is 2.05. The van der Waals surface area contributed by atoms with Crippen molar-refractivity contribution in [2.75, 3.05) is 0 Å². The van der Waals surface area contributed by atoms with E-state index in [2.05, 4.69) is 0 Å². The number of fused-ring (bicyclic) bond motifs is 2. The molecule has 4 atom stereocenters. The highest BCUT2D eigenvalue weighted by Gasteiger charge is 2.73. The maximum atomic E-state index is 12.3. The van der Waals surface area contributed by atoms with Gasteiger partial charge >= 0.3 is 11.9 Å². The van der Waals surface area contributed by atoms with Crippen molar-refractivity contribution in [1.82, 2.24) is 0 Å². The van der Waals surface area contributed by atoms with Gasteiger partial charge in [-0.3, -0.25) is 4.79 Å². The van der Waals surface area contributed by atoms with Crippen LogP contribution in [0.5, 0.6) is 0 Å². The molecular weight excluding hydrogens is 300 g/mol. The van der Waals surface area contributed by atoms with Crippen LogP contribution in [0.4, 0.5) is 0 Å². The van der Waals surface area contributed by atoms with Gasteiger partial charge in [0.25, 0.3) is 0 Å². The van der Waals surface area contributed by atoms with Crippen LogP contribution in [-0.4, -0.2) is 29.7 Å². The van der Waals surface area contributed by atoms with Crippen LogP contribution < -0.4 is 0 Å². The fourth-order valence-corrected chi connectivity index (χ4v) is 3.63. The van der Waals surface area contributed by atoms with E-state index < -0.39 is 17.8 Å². The molecule has 122 valence electrons. The van der Waals surface area contributed by atoms with E-state index in [1.54, 1.807) is 6.26 Å². The van der Waals surface area contributed by atoms with Crippen LogP contribution in [0.3, 0.4) is 0 Å². The van der Waals surface area contributed by atoms with Gasteiger partial charge in [-0.15, -0.1) is 0 Å². The second-order valence-corrected chi connectivity index (χ2v) is 6.48. The molecule has 23 heavy (non-hydrogen) atoms. The summed E-state index contributed by atoms with van der Waals surface area (Å²) in [4.78, 5) is 23.7. The van der Waals surface area contributed by atoms with Crippen molar-refractivity contribution in [2.45, 2.75) is 57.5 Å². The lowest BCUT2D eigenvalue weighted by atomic mass is 9.90. The lowest BCUT2D eigenvalue weighted by Gasteiger charge is -2.19. The Kier molecular flexibility index (Phi) is 2.97. The van der Waals surface area contributed by atoms with E-state index in [1.807, 2.05) is 19.9 Å². The predicted octanol–water partition coefficient (Wildman–Crippen LogP) is 2.45. The van der Waals surface area contributed by atoms with Crippen LogP contribution in [0.25, 0.3) is 6.08 Å². The molecule has 0 saturated carbocycles. The maximum absolute atomic E-state index is 12.3. The van der Waals surface area contributed by atoms with E-state index >= 15 is 0 Å². The van der Waals surface area contributed by atoms with Gasteiger partial charge in [0, 0.05) is 12.5 Å². The average Bonchev–Trinajstić information content (AvgIpc) is 3.03. The Hall–Kier alpha value is -2.08. The molecular formula is C17H18O6. The fourth-order valence-electron chi connectivity index (χ4n) is 3.63. The van der Waals surface area contributed by atoms with Gasteiger partial charge in [-0.1, -0.05) is 0 Å². The SMILES string of the molecule is CC(=O)O[C@H]1CC[C@]23O[C@@H]2[C@@H](OC3=O)c2c(C)coc2C=C1C. The third-order valence-electron chi connectivity index (χ3n) is 4.88. The lowest BCUT2D eigenvalue weighted by molar-refractivity contribution is -0.154. The minimum absolute atomic E-state index is 0.283. The Morgan fingerprint density at radius 2 is 2.17 bits per heavy atom. The van der Waals surface area contributed by atoms with Crippen molar-refractivity contribution in [2.24, 2.45) is 0 Å². The first kappa shape index (κ1) is 14.5. The number of epoxide rings is 1. The van der Waals surface area contributed by atoms with E-state index in [1.165, 1.54) is 6.92 Å². The van der Waals surface area contributed by atoms with E-state index in [9.17, 15) is 9.59 Å². The number of ether oxygens (including phenoxy) is 3. The first-order valence-corrected chi connectivity index (χ1v) is 7.74. The molecule has 0 N–H and O–H groups in total. The zero-order valence-corrected chi connectivity index (χ0v) is 13.3. The van der Waals surface area contributed by atoms with Gasteiger partial charge in [-0.05, 0) is 43.9 Å². The monoisotopic (exact) mass is 318 g/mol. The minimum Gasteiger partial charge on any atom is -0.464 e. The molecule has 4 rings (SSSR count). The summed E-state index contributed by atoms with van der Waals surface area (Å²) in [5.41, 5.74) is 1.74. The molecule has 0 radical (unpaired) electrons. The van der Waals surface area contributed by atoms with Crippen molar-refractivity contribution in [1.29, 1.82) is 0 Å². The summed E-state index contributed by atoms with van der Waals surface area (Å²) in [6.07, 6.45) is 3.37. The van der Waals surface area contributed by atoms with Crippen molar-refractivity contribution in [3.05, 3.63) is 28.7 Å². The molecule has 6 nitrogen and oxygen atoms in total. The van der Waals surface area contributed by atoms with Crippen LogP contribution in [0.15, 0.2) is 16.3 Å². The minimum atomic E-state index is -0.887. The second kappa shape index (κ2) is 4.71. The Morgan fingerprint density at radius 1 is 1.39 bits per heavy atom.